The molecule has 0 saturated heterocycles. The van der Waals surface area contributed by atoms with Gasteiger partial charge in [0.05, 0.1) is 5.56 Å². The van der Waals surface area contributed by atoms with Crippen LogP contribution in [0, 0.1) is 6.92 Å². The molecule has 3 aromatic rings. The number of rotatable bonds is 6. The maximum Gasteiger partial charge on any atom is 0.416 e. The molecule has 1 fully saturated rings. The topological polar surface area (TPSA) is 59.8 Å². The van der Waals surface area contributed by atoms with Gasteiger partial charge in [0.25, 0.3) is 0 Å². The van der Waals surface area contributed by atoms with Gasteiger partial charge in [-0.3, -0.25) is 4.79 Å². The molecule has 156 valence electrons. The van der Waals surface area contributed by atoms with Crippen molar-refractivity contribution in [3.05, 3.63) is 71.5 Å². The first-order valence-electron chi connectivity index (χ1n) is 9.44. The van der Waals surface area contributed by atoms with E-state index in [0.29, 0.717) is 11.2 Å². The standard InChI is InChI=1S/C21H19F3N4OS/c1-13-26-27-20(28(13)17-10-11-17)30-18(14-6-3-2-4-7-14)19(29)25-16-9-5-8-15(12-16)21(22,23)24/h2-9,12,17-18H,10-11H2,1H3,(H,25,29)/t18-/m1/s1. The fourth-order valence-electron chi connectivity index (χ4n) is 3.17. The van der Waals surface area contributed by atoms with E-state index in [-0.39, 0.29) is 5.69 Å². The van der Waals surface area contributed by atoms with Gasteiger partial charge in [0.15, 0.2) is 5.16 Å². The molecule has 30 heavy (non-hydrogen) atoms. The van der Waals surface area contributed by atoms with Crippen molar-refractivity contribution in [1.82, 2.24) is 14.8 Å². The van der Waals surface area contributed by atoms with Crippen molar-refractivity contribution in [3.63, 3.8) is 0 Å². The molecule has 0 spiro atoms. The van der Waals surface area contributed by atoms with Crippen LogP contribution in [0.15, 0.2) is 59.8 Å². The first-order valence-corrected chi connectivity index (χ1v) is 10.3. The highest BCUT2D eigenvalue weighted by atomic mass is 32.2. The predicted molar refractivity (Wildman–Crippen MR) is 108 cm³/mol. The number of nitrogens with zero attached hydrogens (tertiary/aromatic N) is 3. The molecule has 1 aliphatic rings. The van der Waals surface area contributed by atoms with E-state index >= 15 is 0 Å². The Morgan fingerprint density at radius 1 is 1.13 bits per heavy atom. The number of hydrogen-bond acceptors (Lipinski definition) is 4. The lowest BCUT2D eigenvalue weighted by Crippen LogP contribution is -2.20. The lowest BCUT2D eigenvalue weighted by molar-refractivity contribution is -0.137. The van der Waals surface area contributed by atoms with E-state index in [4.69, 9.17) is 0 Å². The zero-order valence-corrected chi connectivity index (χ0v) is 16.9. The third-order valence-corrected chi connectivity index (χ3v) is 5.98. The number of alkyl halides is 3. The summed E-state index contributed by atoms with van der Waals surface area (Å²) in [5.41, 5.74) is 0.0134. The van der Waals surface area contributed by atoms with Crippen LogP contribution in [0.5, 0.6) is 0 Å². The molecule has 4 rings (SSSR count). The minimum atomic E-state index is -4.48. The maximum atomic E-state index is 13.1. The van der Waals surface area contributed by atoms with Crippen LogP contribution in [-0.4, -0.2) is 20.7 Å². The van der Waals surface area contributed by atoms with Crippen LogP contribution >= 0.6 is 11.8 Å². The second-order valence-electron chi connectivity index (χ2n) is 7.11. The molecular formula is C21H19F3N4OS. The van der Waals surface area contributed by atoms with Crippen LogP contribution in [-0.2, 0) is 11.0 Å². The Morgan fingerprint density at radius 2 is 1.87 bits per heavy atom. The summed E-state index contributed by atoms with van der Waals surface area (Å²) in [7, 11) is 0. The minimum absolute atomic E-state index is 0.0937. The third kappa shape index (κ3) is 4.51. The highest BCUT2D eigenvalue weighted by molar-refractivity contribution is 8.00. The van der Waals surface area contributed by atoms with Gasteiger partial charge in [-0.1, -0.05) is 48.2 Å². The van der Waals surface area contributed by atoms with Crippen molar-refractivity contribution in [2.24, 2.45) is 0 Å². The van der Waals surface area contributed by atoms with E-state index in [1.807, 2.05) is 41.8 Å². The van der Waals surface area contributed by atoms with Gasteiger partial charge in [-0.05, 0) is 43.5 Å². The normalized spacial score (nSPS) is 15.1. The Morgan fingerprint density at radius 3 is 2.53 bits per heavy atom. The molecule has 1 atom stereocenters. The van der Waals surface area contributed by atoms with Crippen molar-refractivity contribution in [2.45, 2.75) is 42.4 Å². The van der Waals surface area contributed by atoms with Crippen LogP contribution in [0.2, 0.25) is 0 Å². The molecule has 1 aliphatic carbocycles. The Bertz CT molecular complexity index is 1050. The highest BCUT2D eigenvalue weighted by Crippen LogP contribution is 2.42. The van der Waals surface area contributed by atoms with E-state index in [1.54, 1.807) is 0 Å². The fourth-order valence-corrected chi connectivity index (χ4v) is 4.32. The number of thioether (sulfide) groups is 1. The second kappa shape index (κ2) is 8.14. The molecule has 5 nitrogen and oxygen atoms in total. The molecule has 1 N–H and O–H groups in total. The predicted octanol–water partition coefficient (Wildman–Crippen LogP) is 5.41. The number of hydrogen-bond donors (Lipinski definition) is 1. The van der Waals surface area contributed by atoms with Gasteiger partial charge in [-0.2, -0.15) is 13.2 Å². The monoisotopic (exact) mass is 432 g/mol. The molecule has 0 radical (unpaired) electrons. The number of anilines is 1. The molecule has 1 amide bonds. The quantitative estimate of drug-likeness (QED) is 0.529. The Kier molecular flexibility index (Phi) is 5.55. The van der Waals surface area contributed by atoms with Crippen molar-refractivity contribution < 1.29 is 18.0 Å². The molecular weight excluding hydrogens is 413 g/mol. The van der Waals surface area contributed by atoms with Crippen molar-refractivity contribution >= 4 is 23.4 Å². The zero-order valence-electron chi connectivity index (χ0n) is 16.1. The summed E-state index contributed by atoms with van der Waals surface area (Å²) in [6.45, 7) is 1.87. The minimum Gasteiger partial charge on any atom is -0.325 e. The van der Waals surface area contributed by atoms with Gasteiger partial charge in [0.1, 0.15) is 11.1 Å². The number of carbonyl (C=O) groups is 1. The lowest BCUT2D eigenvalue weighted by Gasteiger charge is -2.18. The first kappa shape index (κ1) is 20.5. The summed E-state index contributed by atoms with van der Waals surface area (Å²) >= 11 is 1.25. The third-order valence-electron chi connectivity index (χ3n) is 4.77. The molecule has 1 aromatic heterocycles. The summed E-state index contributed by atoms with van der Waals surface area (Å²) < 4.78 is 41.1. The largest absolute Gasteiger partial charge is 0.416 e. The van der Waals surface area contributed by atoms with E-state index in [2.05, 4.69) is 15.5 Å². The molecule has 0 unspecified atom stereocenters. The lowest BCUT2D eigenvalue weighted by atomic mass is 10.1. The van der Waals surface area contributed by atoms with Gasteiger partial charge in [0.2, 0.25) is 5.91 Å². The molecule has 2 aromatic carbocycles. The molecule has 9 heteroatoms. The summed E-state index contributed by atoms with van der Waals surface area (Å²) in [5, 5.41) is 10.9. The summed E-state index contributed by atoms with van der Waals surface area (Å²) in [4.78, 5) is 13.1. The van der Waals surface area contributed by atoms with Gasteiger partial charge < -0.3 is 9.88 Å². The Labute approximate surface area is 175 Å². The van der Waals surface area contributed by atoms with Gasteiger partial charge >= 0.3 is 6.18 Å². The number of benzene rings is 2. The van der Waals surface area contributed by atoms with Crippen LogP contribution in [0.4, 0.5) is 18.9 Å². The van der Waals surface area contributed by atoms with Crippen LogP contribution < -0.4 is 5.32 Å². The number of aryl methyl sites for hydroxylation is 1. The average molecular weight is 432 g/mol. The zero-order chi connectivity index (χ0) is 21.3. The number of amides is 1. The van der Waals surface area contributed by atoms with Crippen LogP contribution in [0.3, 0.4) is 0 Å². The van der Waals surface area contributed by atoms with E-state index in [0.717, 1.165) is 36.4 Å². The van der Waals surface area contributed by atoms with Crippen LogP contribution in [0.25, 0.3) is 0 Å². The number of nitrogens with one attached hydrogen (secondary N) is 1. The molecule has 0 bridgehead atoms. The number of carbonyl (C=O) groups excluding carboxylic acids is 1. The number of halogens is 3. The highest BCUT2D eigenvalue weighted by Gasteiger charge is 2.33. The number of aromatic nitrogens is 3. The second-order valence-corrected chi connectivity index (χ2v) is 8.18. The van der Waals surface area contributed by atoms with Crippen molar-refractivity contribution in [1.29, 1.82) is 0 Å². The molecule has 1 heterocycles. The van der Waals surface area contributed by atoms with Gasteiger partial charge in [-0.25, -0.2) is 0 Å². The Hall–Kier alpha value is -2.81. The average Bonchev–Trinajstić information content (AvgIpc) is 3.48. The first-order chi connectivity index (χ1) is 14.3. The van der Waals surface area contributed by atoms with Crippen LogP contribution in [0.1, 0.15) is 41.1 Å². The van der Waals surface area contributed by atoms with E-state index in [9.17, 15) is 18.0 Å². The molecule has 1 saturated carbocycles. The van der Waals surface area contributed by atoms with E-state index < -0.39 is 22.9 Å². The van der Waals surface area contributed by atoms with Gasteiger partial charge in [0, 0.05) is 11.7 Å². The SMILES string of the molecule is Cc1nnc(S[C@@H](C(=O)Nc2cccc(C(F)(F)F)c2)c2ccccc2)n1C1CC1. The summed E-state index contributed by atoms with van der Waals surface area (Å²) in [6, 6.07) is 14.1. The van der Waals surface area contributed by atoms with Crippen molar-refractivity contribution in [3.8, 4) is 0 Å². The summed E-state index contributed by atoms with van der Waals surface area (Å²) in [5.74, 6) is 0.360. The fraction of sp³-hybridized carbons (Fsp3) is 0.286. The summed E-state index contributed by atoms with van der Waals surface area (Å²) in [6.07, 6.45) is -2.40. The van der Waals surface area contributed by atoms with Gasteiger partial charge in [-0.15, -0.1) is 10.2 Å². The molecule has 0 aliphatic heterocycles. The maximum absolute atomic E-state index is 13.1. The van der Waals surface area contributed by atoms with Crippen molar-refractivity contribution in [2.75, 3.05) is 5.32 Å². The van der Waals surface area contributed by atoms with E-state index in [1.165, 1.54) is 23.9 Å². The Balaban J connectivity index is 1.61. The smallest absolute Gasteiger partial charge is 0.325 e.